The summed E-state index contributed by atoms with van der Waals surface area (Å²) in [6.45, 7) is 5.75. The van der Waals surface area contributed by atoms with Crippen molar-refractivity contribution >= 4 is 22.5 Å². The van der Waals surface area contributed by atoms with E-state index in [0.717, 1.165) is 38.2 Å². The van der Waals surface area contributed by atoms with Crippen LogP contribution in [0.5, 0.6) is 5.75 Å². The molecule has 2 heterocycles. The fourth-order valence-electron chi connectivity index (χ4n) is 3.57. The van der Waals surface area contributed by atoms with Gasteiger partial charge in [0.15, 0.2) is 5.13 Å². The zero-order chi connectivity index (χ0) is 20.1. The second-order valence-corrected chi connectivity index (χ2v) is 8.53. The average molecular weight is 406 g/mol. The van der Waals surface area contributed by atoms with Gasteiger partial charge in [0.05, 0.1) is 5.69 Å². The van der Waals surface area contributed by atoms with E-state index in [2.05, 4.69) is 53.2 Å². The number of nitrogens with two attached hydrogens (primary N) is 1. The first-order valence-corrected chi connectivity index (χ1v) is 10.9. The Morgan fingerprint density at radius 3 is 2.83 bits per heavy atom. The molecule has 0 spiro atoms. The normalized spacial score (nSPS) is 14.7. The van der Waals surface area contributed by atoms with Gasteiger partial charge in [0.2, 0.25) is 0 Å². The van der Waals surface area contributed by atoms with E-state index in [4.69, 9.17) is 10.5 Å². The van der Waals surface area contributed by atoms with Gasteiger partial charge >= 0.3 is 0 Å². The summed E-state index contributed by atoms with van der Waals surface area (Å²) in [5.41, 5.74) is 10.7. The molecule has 0 atom stereocenters. The lowest BCUT2D eigenvalue weighted by Crippen LogP contribution is -2.26. The number of hydrogen-bond donors (Lipinski definition) is 1. The van der Waals surface area contributed by atoms with Crippen LogP contribution in [0.25, 0.3) is 6.08 Å². The first kappa shape index (κ1) is 19.7. The van der Waals surface area contributed by atoms with Crippen molar-refractivity contribution < 1.29 is 4.74 Å². The molecular formula is C24H27N3OS. The van der Waals surface area contributed by atoms with E-state index in [9.17, 15) is 0 Å². The van der Waals surface area contributed by atoms with Gasteiger partial charge in [-0.05, 0) is 42.2 Å². The highest BCUT2D eigenvalue weighted by atomic mass is 32.1. The minimum atomic E-state index is 0.587. The molecule has 4 rings (SSSR count). The molecule has 1 aromatic heterocycles. The fourth-order valence-corrected chi connectivity index (χ4v) is 4.44. The molecule has 0 unspecified atom stereocenters. The van der Waals surface area contributed by atoms with E-state index >= 15 is 0 Å². The van der Waals surface area contributed by atoms with Gasteiger partial charge in [0.25, 0.3) is 0 Å². The van der Waals surface area contributed by atoms with Crippen LogP contribution in [0, 0.1) is 6.92 Å². The SMILES string of the molecule is Cc1ccc(OCc2ccccc2)cc1C=CCN1CCc2nc(N)sc2CC1. The summed E-state index contributed by atoms with van der Waals surface area (Å²) < 4.78 is 5.98. The summed E-state index contributed by atoms with van der Waals surface area (Å²) in [6.07, 6.45) is 6.49. The monoisotopic (exact) mass is 405 g/mol. The standard InChI is InChI=1S/C24H27N3OS/c1-18-9-10-21(28-17-19-6-3-2-4-7-19)16-20(18)8-5-13-27-14-11-22-23(12-15-27)29-24(25)26-22/h2-10,16H,11-15,17H2,1H3,(H2,25,26). The van der Waals surface area contributed by atoms with Crippen LogP contribution in [0.1, 0.15) is 27.3 Å². The first-order chi connectivity index (χ1) is 14.2. The molecule has 2 aromatic carbocycles. The van der Waals surface area contributed by atoms with Crippen LogP contribution in [-0.2, 0) is 19.4 Å². The third kappa shape index (κ3) is 5.25. The third-order valence-electron chi connectivity index (χ3n) is 5.27. The number of nitrogen functional groups attached to an aromatic ring is 1. The molecule has 150 valence electrons. The van der Waals surface area contributed by atoms with Gasteiger partial charge in [-0.2, -0.15) is 0 Å². The number of nitrogens with zero attached hydrogens (tertiary/aromatic N) is 2. The number of aryl methyl sites for hydroxylation is 1. The van der Waals surface area contributed by atoms with Gasteiger partial charge in [-0.15, -0.1) is 11.3 Å². The van der Waals surface area contributed by atoms with Crippen LogP contribution in [0.4, 0.5) is 5.13 Å². The molecule has 3 aromatic rings. The lowest BCUT2D eigenvalue weighted by atomic mass is 10.1. The molecule has 1 aliphatic rings. The Kier molecular flexibility index (Phi) is 6.27. The smallest absolute Gasteiger partial charge is 0.180 e. The molecule has 29 heavy (non-hydrogen) atoms. The molecule has 2 N–H and O–H groups in total. The number of anilines is 1. The Balaban J connectivity index is 1.33. The van der Waals surface area contributed by atoms with Crippen molar-refractivity contribution in [2.24, 2.45) is 0 Å². The van der Waals surface area contributed by atoms with Crippen LogP contribution in [0.15, 0.2) is 54.6 Å². The number of fused-ring (bicyclic) bond motifs is 1. The molecule has 0 saturated heterocycles. The third-order valence-corrected chi connectivity index (χ3v) is 6.26. The van der Waals surface area contributed by atoms with E-state index in [1.807, 2.05) is 24.3 Å². The second-order valence-electron chi connectivity index (χ2n) is 7.42. The highest BCUT2D eigenvalue weighted by molar-refractivity contribution is 7.15. The Morgan fingerprint density at radius 1 is 1.14 bits per heavy atom. The molecule has 0 aliphatic carbocycles. The minimum absolute atomic E-state index is 0.587. The highest BCUT2D eigenvalue weighted by Crippen LogP contribution is 2.24. The molecule has 1 aliphatic heterocycles. The van der Waals surface area contributed by atoms with Gasteiger partial charge in [-0.25, -0.2) is 4.98 Å². The van der Waals surface area contributed by atoms with Crippen LogP contribution in [-0.4, -0.2) is 29.5 Å². The van der Waals surface area contributed by atoms with Crippen molar-refractivity contribution in [1.29, 1.82) is 0 Å². The molecule has 0 amide bonds. The van der Waals surface area contributed by atoms with Crippen LogP contribution >= 0.6 is 11.3 Å². The number of ether oxygens (including phenoxy) is 1. The van der Waals surface area contributed by atoms with E-state index in [-0.39, 0.29) is 0 Å². The molecule has 4 nitrogen and oxygen atoms in total. The van der Waals surface area contributed by atoms with E-state index in [0.29, 0.717) is 11.7 Å². The number of benzene rings is 2. The van der Waals surface area contributed by atoms with Crippen molar-refractivity contribution in [3.8, 4) is 5.75 Å². The molecule has 0 saturated carbocycles. The van der Waals surface area contributed by atoms with Crippen LogP contribution < -0.4 is 10.5 Å². The van der Waals surface area contributed by atoms with Gasteiger partial charge in [-0.3, -0.25) is 4.90 Å². The molecule has 0 fully saturated rings. The Hall–Kier alpha value is -2.63. The van der Waals surface area contributed by atoms with Crippen molar-refractivity contribution in [3.05, 3.63) is 81.9 Å². The van der Waals surface area contributed by atoms with E-state index in [1.165, 1.54) is 27.3 Å². The van der Waals surface area contributed by atoms with Crippen molar-refractivity contribution in [1.82, 2.24) is 9.88 Å². The lowest BCUT2D eigenvalue weighted by Gasteiger charge is -2.17. The quantitative estimate of drug-likeness (QED) is 0.644. The predicted octanol–water partition coefficient (Wildman–Crippen LogP) is 4.73. The average Bonchev–Trinajstić information content (AvgIpc) is 2.99. The highest BCUT2D eigenvalue weighted by Gasteiger charge is 2.16. The Morgan fingerprint density at radius 2 is 1.97 bits per heavy atom. The summed E-state index contributed by atoms with van der Waals surface area (Å²) in [5, 5.41) is 0.702. The Labute approximate surface area is 176 Å². The number of thiazole rings is 1. The summed E-state index contributed by atoms with van der Waals surface area (Å²) in [7, 11) is 0. The number of aromatic nitrogens is 1. The van der Waals surface area contributed by atoms with Gasteiger partial charge in [0, 0.05) is 30.9 Å². The topological polar surface area (TPSA) is 51.4 Å². The van der Waals surface area contributed by atoms with E-state index < -0.39 is 0 Å². The molecule has 5 heteroatoms. The maximum Gasteiger partial charge on any atom is 0.180 e. The Bertz CT molecular complexity index is 956. The second kappa shape index (κ2) is 9.25. The number of rotatable bonds is 6. The van der Waals surface area contributed by atoms with Gasteiger partial charge in [-0.1, -0.05) is 48.6 Å². The summed E-state index contributed by atoms with van der Waals surface area (Å²) >= 11 is 1.64. The largest absolute Gasteiger partial charge is 0.489 e. The lowest BCUT2D eigenvalue weighted by molar-refractivity contribution is 0.306. The van der Waals surface area contributed by atoms with E-state index in [1.54, 1.807) is 11.3 Å². The zero-order valence-corrected chi connectivity index (χ0v) is 17.6. The summed E-state index contributed by atoms with van der Waals surface area (Å²) in [5.74, 6) is 0.905. The molecular weight excluding hydrogens is 378 g/mol. The van der Waals surface area contributed by atoms with Gasteiger partial charge < -0.3 is 10.5 Å². The van der Waals surface area contributed by atoms with Crippen molar-refractivity contribution in [2.75, 3.05) is 25.4 Å². The maximum atomic E-state index is 5.98. The number of hydrogen-bond acceptors (Lipinski definition) is 5. The minimum Gasteiger partial charge on any atom is -0.489 e. The van der Waals surface area contributed by atoms with Crippen molar-refractivity contribution in [2.45, 2.75) is 26.4 Å². The maximum absolute atomic E-state index is 5.98. The van der Waals surface area contributed by atoms with Crippen LogP contribution in [0.3, 0.4) is 0 Å². The summed E-state index contributed by atoms with van der Waals surface area (Å²) in [6, 6.07) is 16.6. The molecule has 0 bridgehead atoms. The fraction of sp³-hybridized carbons (Fsp3) is 0.292. The summed E-state index contributed by atoms with van der Waals surface area (Å²) in [4.78, 5) is 8.30. The first-order valence-electron chi connectivity index (χ1n) is 10.1. The van der Waals surface area contributed by atoms with Gasteiger partial charge in [0.1, 0.15) is 12.4 Å². The van der Waals surface area contributed by atoms with Crippen molar-refractivity contribution in [3.63, 3.8) is 0 Å². The predicted molar refractivity (Wildman–Crippen MR) is 121 cm³/mol. The van der Waals surface area contributed by atoms with Crippen LogP contribution in [0.2, 0.25) is 0 Å². The molecule has 0 radical (unpaired) electrons. The zero-order valence-electron chi connectivity index (χ0n) is 16.8.